The van der Waals surface area contributed by atoms with Gasteiger partial charge in [-0.15, -0.1) is 0 Å². The summed E-state index contributed by atoms with van der Waals surface area (Å²) in [5, 5.41) is 2.72. The van der Waals surface area contributed by atoms with Gasteiger partial charge in [-0.25, -0.2) is 4.39 Å². The number of benzene rings is 2. The third kappa shape index (κ3) is 5.15. The monoisotopic (exact) mass is 365 g/mol. The molecule has 116 valence electrons. The van der Waals surface area contributed by atoms with Crippen LogP contribution in [-0.4, -0.2) is 12.5 Å². The predicted molar refractivity (Wildman–Crippen MR) is 88.6 cm³/mol. The first-order valence-electron chi connectivity index (χ1n) is 6.99. The Morgan fingerprint density at radius 2 is 2.09 bits per heavy atom. The molecule has 2 rings (SSSR count). The minimum atomic E-state index is -0.362. The van der Waals surface area contributed by atoms with Crippen LogP contribution >= 0.6 is 15.9 Å². The standard InChI is InChI=1S/C17H17BrFNO2/c1-12-7-8-14(19)11-16(12)20-17(21)6-3-9-22-15-5-2-4-13(18)10-15/h2,4-5,7-8,10-11H,3,6,9H2,1H3,(H,20,21). The molecule has 0 unspecified atom stereocenters. The summed E-state index contributed by atoms with van der Waals surface area (Å²) in [7, 11) is 0. The van der Waals surface area contributed by atoms with Gasteiger partial charge in [-0.05, 0) is 49.2 Å². The summed E-state index contributed by atoms with van der Waals surface area (Å²) in [6.45, 7) is 2.28. The molecule has 0 saturated heterocycles. The van der Waals surface area contributed by atoms with Crippen LogP contribution in [-0.2, 0) is 4.79 Å². The molecule has 0 fully saturated rings. The lowest BCUT2D eigenvalue weighted by atomic mass is 10.2. The van der Waals surface area contributed by atoms with Crippen molar-refractivity contribution < 1.29 is 13.9 Å². The zero-order valence-electron chi connectivity index (χ0n) is 12.2. The molecule has 2 aromatic rings. The lowest BCUT2D eigenvalue weighted by Crippen LogP contribution is -2.13. The van der Waals surface area contributed by atoms with Crippen molar-refractivity contribution in [3.05, 3.63) is 58.3 Å². The molecule has 1 amide bonds. The summed E-state index contributed by atoms with van der Waals surface area (Å²) >= 11 is 3.37. The highest BCUT2D eigenvalue weighted by atomic mass is 79.9. The average Bonchev–Trinajstić information content (AvgIpc) is 2.48. The Kier molecular flexibility index (Phi) is 5.95. The van der Waals surface area contributed by atoms with E-state index in [4.69, 9.17) is 4.74 Å². The van der Waals surface area contributed by atoms with Crippen LogP contribution in [0.1, 0.15) is 18.4 Å². The third-order valence-corrected chi connectivity index (χ3v) is 3.58. The number of halogens is 2. The van der Waals surface area contributed by atoms with E-state index in [9.17, 15) is 9.18 Å². The molecule has 2 aromatic carbocycles. The highest BCUT2D eigenvalue weighted by Gasteiger charge is 2.06. The summed E-state index contributed by atoms with van der Waals surface area (Å²) in [6.07, 6.45) is 0.913. The van der Waals surface area contributed by atoms with Gasteiger partial charge >= 0.3 is 0 Å². The van der Waals surface area contributed by atoms with Crippen LogP contribution in [0, 0.1) is 12.7 Å². The van der Waals surface area contributed by atoms with Crippen LogP contribution < -0.4 is 10.1 Å². The van der Waals surface area contributed by atoms with Crippen LogP contribution in [0.5, 0.6) is 5.75 Å². The van der Waals surface area contributed by atoms with Crippen molar-refractivity contribution in [3.63, 3.8) is 0 Å². The molecule has 0 bridgehead atoms. The summed E-state index contributed by atoms with van der Waals surface area (Å²) in [4.78, 5) is 11.8. The number of hydrogen-bond donors (Lipinski definition) is 1. The number of amides is 1. The van der Waals surface area contributed by atoms with E-state index in [1.54, 1.807) is 6.07 Å². The first kappa shape index (κ1) is 16.5. The zero-order chi connectivity index (χ0) is 15.9. The molecular formula is C17H17BrFNO2. The van der Waals surface area contributed by atoms with Gasteiger partial charge in [-0.1, -0.05) is 28.1 Å². The number of carbonyl (C=O) groups excluding carboxylic acids is 1. The molecule has 0 atom stereocenters. The summed E-state index contributed by atoms with van der Waals surface area (Å²) in [5.74, 6) is 0.251. The number of anilines is 1. The van der Waals surface area contributed by atoms with Gasteiger partial charge in [-0.2, -0.15) is 0 Å². The van der Waals surface area contributed by atoms with Crippen LogP contribution in [0.4, 0.5) is 10.1 Å². The second kappa shape index (κ2) is 7.94. The van der Waals surface area contributed by atoms with E-state index in [1.165, 1.54) is 12.1 Å². The van der Waals surface area contributed by atoms with E-state index in [1.807, 2.05) is 31.2 Å². The molecular weight excluding hydrogens is 349 g/mol. The number of ether oxygens (including phenoxy) is 1. The second-order valence-electron chi connectivity index (χ2n) is 4.92. The van der Waals surface area contributed by atoms with Gasteiger partial charge in [0.05, 0.1) is 6.61 Å². The predicted octanol–water partition coefficient (Wildman–Crippen LogP) is 4.69. The van der Waals surface area contributed by atoms with Crippen molar-refractivity contribution in [2.24, 2.45) is 0 Å². The Balaban J connectivity index is 1.75. The first-order chi connectivity index (χ1) is 10.5. The number of aryl methyl sites for hydroxylation is 1. The van der Waals surface area contributed by atoms with Crippen molar-refractivity contribution in [2.45, 2.75) is 19.8 Å². The smallest absolute Gasteiger partial charge is 0.224 e. The van der Waals surface area contributed by atoms with Gasteiger partial charge in [0.1, 0.15) is 11.6 Å². The van der Waals surface area contributed by atoms with E-state index in [0.717, 1.165) is 15.8 Å². The molecule has 22 heavy (non-hydrogen) atoms. The van der Waals surface area contributed by atoms with E-state index in [2.05, 4.69) is 21.2 Å². The molecule has 0 radical (unpaired) electrons. The molecule has 0 spiro atoms. The molecule has 0 aromatic heterocycles. The fourth-order valence-electron chi connectivity index (χ4n) is 1.92. The minimum Gasteiger partial charge on any atom is -0.494 e. The Morgan fingerprint density at radius 3 is 2.86 bits per heavy atom. The van der Waals surface area contributed by atoms with Crippen LogP contribution in [0.25, 0.3) is 0 Å². The van der Waals surface area contributed by atoms with E-state index in [-0.39, 0.29) is 11.7 Å². The summed E-state index contributed by atoms with van der Waals surface area (Å²) in [6, 6.07) is 11.9. The molecule has 1 N–H and O–H groups in total. The fourth-order valence-corrected chi connectivity index (χ4v) is 2.30. The maximum atomic E-state index is 13.1. The second-order valence-corrected chi connectivity index (χ2v) is 5.83. The topological polar surface area (TPSA) is 38.3 Å². The third-order valence-electron chi connectivity index (χ3n) is 3.09. The summed E-state index contributed by atoms with van der Waals surface area (Å²) < 4.78 is 19.7. The Labute approximate surface area is 137 Å². The highest BCUT2D eigenvalue weighted by molar-refractivity contribution is 9.10. The van der Waals surface area contributed by atoms with Gasteiger partial charge in [-0.3, -0.25) is 4.79 Å². The SMILES string of the molecule is Cc1ccc(F)cc1NC(=O)CCCOc1cccc(Br)c1. The van der Waals surface area contributed by atoms with Gasteiger partial charge in [0.15, 0.2) is 0 Å². The number of nitrogens with one attached hydrogen (secondary N) is 1. The molecule has 0 aliphatic heterocycles. The lowest BCUT2D eigenvalue weighted by molar-refractivity contribution is -0.116. The molecule has 3 nitrogen and oxygen atoms in total. The maximum Gasteiger partial charge on any atom is 0.224 e. The summed E-state index contributed by atoms with van der Waals surface area (Å²) in [5.41, 5.74) is 1.35. The Hall–Kier alpha value is -1.88. The van der Waals surface area contributed by atoms with Crippen molar-refractivity contribution in [1.82, 2.24) is 0 Å². The fraction of sp³-hybridized carbons (Fsp3) is 0.235. The van der Waals surface area contributed by atoms with Crippen molar-refractivity contribution >= 4 is 27.5 Å². The number of carbonyl (C=O) groups is 1. The molecule has 0 saturated carbocycles. The van der Waals surface area contributed by atoms with E-state index < -0.39 is 0 Å². The van der Waals surface area contributed by atoms with Crippen molar-refractivity contribution in [1.29, 1.82) is 0 Å². The van der Waals surface area contributed by atoms with Crippen LogP contribution in [0.3, 0.4) is 0 Å². The number of rotatable bonds is 6. The highest BCUT2D eigenvalue weighted by Crippen LogP contribution is 2.18. The maximum absolute atomic E-state index is 13.1. The largest absolute Gasteiger partial charge is 0.494 e. The van der Waals surface area contributed by atoms with Gasteiger partial charge in [0.25, 0.3) is 0 Å². The van der Waals surface area contributed by atoms with Crippen LogP contribution in [0.15, 0.2) is 46.9 Å². The molecule has 0 aliphatic carbocycles. The minimum absolute atomic E-state index is 0.147. The Morgan fingerprint density at radius 1 is 1.27 bits per heavy atom. The molecule has 0 aliphatic rings. The molecule has 0 heterocycles. The average molecular weight is 366 g/mol. The van der Waals surface area contributed by atoms with Gasteiger partial charge < -0.3 is 10.1 Å². The quantitative estimate of drug-likeness (QED) is 0.753. The first-order valence-corrected chi connectivity index (χ1v) is 7.78. The van der Waals surface area contributed by atoms with Gasteiger partial charge in [0, 0.05) is 16.6 Å². The van der Waals surface area contributed by atoms with E-state index >= 15 is 0 Å². The van der Waals surface area contributed by atoms with Crippen LogP contribution in [0.2, 0.25) is 0 Å². The molecule has 5 heteroatoms. The Bertz CT molecular complexity index is 661. The lowest BCUT2D eigenvalue weighted by Gasteiger charge is -2.09. The van der Waals surface area contributed by atoms with E-state index in [0.29, 0.717) is 25.1 Å². The normalized spacial score (nSPS) is 10.3. The van der Waals surface area contributed by atoms with Crippen molar-refractivity contribution in [2.75, 3.05) is 11.9 Å². The van der Waals surface area contributed by atoms with Gasteiger partial charge in [0.2, 0.25) is 5.91 Å². The zero-order valence-corrected chi connectivity index (χ0v) is 13.8. The van der Waals surface area contributed by atoms with Crippen molar-refractivity contribution in [3.8, 4) is 5.75 Å². The number of hydrogen-bond acceptors (Lipinski definition) is 2.